The highest BCUT2D eigenvalue weighted by atomic mass is 32.1. The van der Waals surface area contributed by atoms with Gasteiger partial charge in [0.2, 0.25) is 0 Å². The highest BCUT2D eigenvalue weighted by Gasteiger charge is 2.40. The van der Waals surface area contributed by atoms with Gasteiger partial charge in [0.25, 0.3) is 5.91 Å². The number of likely N-dealkylation sites (tertiary alicyclic amines) is 1. The lowest BCUT2D eigenvalue weighted by Crippen LogP contribution is -2.56. The zero-order chi connectivity index (χ0) is 14.9. The smallest absolute Gasteiger partial charge is 0.266 e. The molecule has 0 bridgehead atoms. The van der Waals surface area contributed by atoms with E-state index in [1.165, 1.54) is 11.3 Å². The SMILES string of the molecule is CC[C@]1(O)CCN(C(=O)c2sc(NC)nc2C)C[C@@H]1O. The third-order valence-electron chi connectivity index (χ3n) is 3.93. The minimum Gasteiger partial charge on any atom is -0.388 e. The average molecular weight is 299 g/mol. The number of carbonyl (C=O) groups excluding carboxylic acids is 1. The first-order valence-corrected chi connectivity index (χ1v) is 7.58. The maximum atomic E-state index is 12.5. The molecule has 20 heavy (non-hydrogen) atoms. The Balaban J connectivity index is 2.13. The van der Waals surface area contributed by atoms with Crippen LogP contribution in [0, 0.1) is 6.92 Å². The van der Waals surface area contributed by atoms with Crippen LogP contribution in [0.1, 0.15) is 35.1 Å². The molecule has 6 nitrogen and oxygen atoms in total. The Morgan fingerprint density at radius 1 is 1.65 bits per heavy atom. The number of nitrogens with zero attached hydrogens (tertiary/aromatic N) is 2. The van der Waals surface area contributed by atoms with Gasteiger partial charge in [-0.25, -0.2) is 4.98 Å². The van der Waals surface area contributed by atoms with Crippen LogP contribution in [0.15, 0.2) is 0 Å². The van der Waals surface area contributed by atoms with Gasteiger partial charge in [-0.05, 0) is 19.8 Å². The lowest BCUT2D eigenvalue weighted by atomic mass is 9.86. The molecule has 3 N–H and O–H groups in total. The monoisotopic (exact) mass is 299 g/mol. The summed E-state index contributed by atoms with van der Waals surface area (Å²) in [6.07, 6.45) is -0.0190. The number of thiazole rings is 1. The summed E-state index contributed by atoms with van der Waals surface area (Å²) in [6.45, 7) is 4.25. The molecular weight excluding hydrogens is 278 g/mol. The number of aliphatic hydroxyl groups is 2. The Morgan fingerprint density at radius 2 is 2.35 bits per heavy atom. The normalized spacial score (nSPS) is 26.6. The zero-order valence-electron chi connectivity index (χ0n) is 12.0. The van der Waals surface area contributed by atoms with Crippen LogP contribution >= 0.6 is 11.3 Å². The number of β-amino-alcohol motifs (C(OH)–C–C–N with tert-alkyl or cyclic N) is 1. The molecule has 1 amide bonds. The van der Waals surface area contributed by atoms with Crippen molar-refractivity contribution >= 4 is 22.4 Å². The van der Waals surface area contributed by atoms with Gasteiger partial charge >= 0.3 is 0 Å². The predicted molar refractivity (Wildman–Crippen MR) is 78.2 cm³/mol. The second-order valence-corrected chi connectivity index (χ2v) is 6.16. The van der Waals surface area contributed by atoms with Crippen molar-refractivity contribution in [3.05, 3.63) is 10.6 Å². The second-order valence-electron chi connectivity index (χ2n) is 5.16. The molecule has 1 fully saturated rings. The molecule has 2 heterocycles. The third-order valence-corrected chi connectivity index (χ3v) is 5.10. The van der Waals surface area contributed by atoms with Crippen molar-refractivity contribution in [1.82, 2.24) is 9.88 Å². The van der Waals surface area contributed by atoms with Gasteiger partial charge in [-0.1, -0.05) is 18.3 Å². The average Bonchev–Trinajstić information content (AvgIpc) is 2.82. The van der Waals surface area contributed by atoms with Gasteiger partial charge < -0.3 is 20.4 Å². The molecule has 0 radical (unpaired) electrons. The molecule has 0 aromatic carbocycles. The molecule has 1 aliphatic rings. The number of amides is 1. The Kier molecular flexibility index (Phi) is 4.31. The molecule has 1 aromatic rings. The van der Waals surface area contributed by atoms with Crippen molar-refractivity contribution in [3.8, 4) is 0 Å². The Bertz CT molecular complexity index is 505. The maximum Gasteiger partial charge on any atom is 0.266 e. The minimum atomic E-state index is -1.07. The van der Waals surface area contributed by atoms with E-state index in [4.69, 9.17) is 0 Å². The van der Waals surface area contributed by atoms with Gasteiger partial charge in [0.15, 0.2) is 5.13 Å². The maximum absolute atomic E-state index is 12.5. The van der Waals surface area contributed by atoms with Crippen molar-refractivity contribution in [2.75, 3.05) is 25.5 Å². The van der Waals surface area contributed by atoms with Gasteiger partial charge in [-0.15, -0.1) is 0 Å². The summed E-state index contributed by atoms with van der Waals surface area (Å²) in [5, 5.41) is 23.9. The number of carbonyl (C=O) groups is 1. The fourth-order valence-electron chi connectivity index (χ4n) is 2.41. The summed E-state index contributed by atoms with van der Waals surface area (Å²) in [5.41, 5.74) is -0.384. The number of aromatic nitrogens is 1. The molecule has 7 heteroatoms. The molecule has 0 saturated carbocycles. The molecule has 1 saturated heterocycles. The Labute approximate surface area is 122 Å². The fourth-order valence-corrected chi connectivity index (χ4v) is 3.30. The van der Waals surface area contributed by atoms with Crippen molar-refractivity contribution in [2.24, 2.45) is 0 Å². The van der Waals surface area contributed by atoms with Crippen LogP contribution in [0.25, 0.3) is 0 Å². The number of piperidine rings is 1. The van der Waals surface area contributed by atoms with Crippen molar-refractivity contribution < 1.29 is 15.0 Å². The Morgan fingerprint density at radius 3 is 2.85 bits per heavy atom. The highest BCUT2D eigenvalue weighted by molar-refractivity contribution is 7.17. The number of rotatable bonds is 3. The predicted octanol–water partition coefficient (Wildman–Crippen LogP) is 0.841. The zero-order valence-corrected chi connectivity index (χ0v) is 12.8. The van der Waals surface area contributed by atoms with Gasteiger partial charge in [-0.2, -0.15) is 0 Å². The minimum absolute atomic E-state index is 0.126. The van der Waals surface area contributed by atoms with Crippen LogP contribution in [0.4, 0.5) is 5.13 Å². The largest absolute Gasteiger partial charge is 0.388 e. The van der Waals surface area contributed by atoms with E-state index < -0.39 is 11.7 Å². The molecule has 0 spiro atoms. The standard InChI is InChI=1S/C13H21N3O3S/c1-4-13(19)5-6-16(7-9(13)17)11(18)10-8(2)15-12(14-3)20-10/h9,17,19H,4-7H2,1-3H3,(H,14,15)/t9-,13-/m0/s1. The summed E-state index contributed by atoms with van der Waals surface area (Å²) in [7, 11) is 1.76. The Hall–Kier alpha value is -1.18. The summed E-state index contributed by atoms with van der Waals surface area (Å²) < 4.78 is 0. The highest BCUT2D eigenvalue weighted by Crippen LogP contribution is 2.29. The summed E-state index contributed by atoms with van der Waals surface area (Å²) >= 11 is 1.31. The van der Waals surface area contributed by atoms with Crippen LogP contribution < -0.4 is 5.32 Å². The lowest BCUT2D eigenvalue weighted by molar-refractivity contribution is -0.114. The van der Waals surface area contributed by atoms with E-state index in [2.05, 4.69) is 10.3 Å². The fraction of sp³-hybridized carbons (Fsp3) is 0.692. The lowest BCUT2D eigenvalue weighted by Gasteiger charge is -2.41. The van der Waals surface area contributed by atoms with Gasteiger partial charge in [0, 0.05) is 20.1 Å². The van der Waals surface area contributed by atoms with Gasteiger partial charge in [0.05, 0.1) is 11.3 Å². The van der Waals surface area contributed by atoms with E-state index >= 15 is 0 Å². The molecule has 1 aliphatic heterocycles. The van der Waals surface area contributed by atoms with Crippen LogP contribution in [-0.4, -0.2) is 57.8 Å². The van der Waals surface area contributed by atoms with Gasteiger partial charge in [-0.3, -0.25) is 4.79 Å². The van der Waals surface area contributed by atoms with Crippen molar-refractivity contribution in [3.63, 3.8) is 0 Å². The second kappa shape index (κ2) is 5.67. The van der Waals surface area contributed by atoms with Crippen LogP contribution in [-0.2, 0) is 0 Å². The molecule has 1 aromatic heterocycles. The molecular formula is C13H21N3O3S. The van der Waals surface area contributed by atoms with E-state index in [0.29, 0.717) is 35.1 Å². The first kappa shape index (κ1) is 15.2. The number of hydrogen-bond donors (Lipinski definition) is 3. The van der Waals surface area contributed by atoms with Crippen LogP contribution in [0.5, 0.6) is 0 Å². The van der Waals surface area contributed by atoms with Crippen LogP contribution in [0.2, 0.25) is 0 Å². The first-order chi connectivity index (χ1) is 9.41. The van der Waals surface area contributed by atoms with Crippen LogP contribution in [0.3, 0.4) is 0 Å². The summed E-state index contributed by atoms with van der Waals surface area (Å²) in [6, 6.07) is 0. The molecule has 0 aliphatic carbocycles. The van der Waals surface area contributed by atoms with E-state index in [-0.39, 0.29) is 12.5 Å². The summed E-state index contributed by atoms with van der Waals surface area (Å²) in [4.78, 5) is 18.9. The molecule has 112 valence electrons. The summed E-state index contributed by atoms with van der Waals surface area (Å²) in [5.74, 6) is -0.126. The van der Waals surface area contributed by atoms with Gasteiger partial charge in [0.1, 0.15) is 11.0 Å². The van der Waals surface area contributed by atoms with Crippen molar-refractivity contribution in [1.29, 1.82) is 0 Å². The van der Waals surface area contributed by atoms with E-state index in [0.717, 1.165) is 0 Å². The number of nitrogens with one attached hydrogen (secondary N) is 1. The number of hydrogen-bond acceptors (Lipinski definition) is 6. The molecule has 2 atom stereocenters. The van der Waals surface area contributed by atoms with E-state index in [1.807, 2.05) is 6.92 Å². The third kappa shape index (κ3) is 2.65. The number of aliphatic hydroxyl groups excluding tert-OH is 1. The molecule has 2 rings (SSSR count). The number of aryl methyl sites for hydroxylation is 1. The topological polar surface area (TPSA) is 85.7 Å². The van der Waals surface area contributed by atoms with Crippen molar-refractivity contribution in [2.45, 2.75) is 38.4 Å². The number of anilines is 1. The van der Waals surface area contributed by atoms with E-state index in [1.54, 1.807) is 18.9 Å². The molecule has 0 unspecified atom stereocenters. The van der Waals surface area contributed by atoms with E-state index in [9.17, 15) is 15.0 Å². The first-order valence-electron chi connectivity index (χ1n) is 6.76. The quantitative estimate of drug-likeness (QED) is 0.770.